The lowest BCUT2D eigenvalue weighted by Crippen LogP contribution is -2.12. The average molecular weight is 346 g/mol. The number of aldehydes is 1. The maximum Gasteiger partial charge on any atom is 0.416 e. The minimum absolute atomic E-state index is 0.201. The number of hydrogen-bond donors (Lipinski definition) is 0. The molecule has 0 aliphatic heterocycles. The molecular weight excluding hydrogens is 341 g/mol. The van der Waals surface area contributed by atoms with Crippen LogP contribution in [0.3, 0.4) is 0 Å². The van der Waals surface area contributed by atoms with Crippen LogP contribution in [-0.2, 0) is 14.2 Å². The van der Waals surface area contributed by atoms with E-state index in [-0.39, 0.29) is 5.56 Å². The molecule has 0 spiro atoms. The molecule has 0 bridgehead atoms. The Morgan fingerprint density at radius 1 is 1.13 bits per heavy atom. The summed E-state index contributed by atoms with van der Waals surface area (Å²) in [6.07, 6.45) is -3.93. The van der Waals surface area contributed by atoms with Crippen molar-refractivity contribution in [1.82, 2.24) is 0 Å². The van der Waals surface area contributed by atoms with Gasteiger partial charge in [-0.2, -0.15) is 13.2 Å². The Morgan fingerprint density at radius 3 is 2.13 bits per heavy atom. The van der Waals surface area contributed by atoms with E-state index in [1.807, 2.05) is 0 Å². The molecule has 0 aliphatic carbocycles. The van der Waals surface area contributed by atoms with Gasteiger partial charge in [0.1, 0.15) is 0 Å². The number of benzene rings is 1. The summed E-state index contributed by atoms with van der Waals surface area (Å²) in [6.45, 7) is 0. The first-order chi connectivity index (χ1) is 6.77. The quantitative estimate of drug-likeness (QED) is 0.588. The molecule has 0 saturated carbocycles. The van der Waals surface area contributed by atoms with Crippen molar-refractivity contribution in [2.75, 3.05) is 0 Å². The monoisotopic (exact) mass is 344 g/mol. The molecule has 0 atom stereocenters. The SMILES string of the molecule is O=CC(Br)(Br)c1cccc(C(F)(F)F)c1. The van der Waals surface area contributed by atoms with Crippen LogP contribution in [0, 0.1) is 0 Å². The average Bonchev–Trinajstić information content (AvgIpc) is 2.17. The predicted molar refractivity (Wildman–Crippen MR) is 57.0 cm³/mol. The second kappa shape index (κ2) is 4.25. The summed E-state index contributed by atoms with van der Waals surface area (Å²) >= 11 is 5.94. The van der Waals surface area contributed by atoms with E-state index < -0.39 is 15.0 Å². The smallest absolute Gasteiger partial charge is 0.300 e. The topological polar surface area (TPSA) is 17.1 Å². The molecule has 1 nitrogen and oxygen atoms in total. The van der Waals surface area contributed by atoms with E-state index in [1.165, 1.54) is 12.1 Å². The minimum atomic E-state index is -4.41. The van der Waals surface area contributed by atoms with Crippen molar-refractivity contribution >= 4 is 38.1 Å². The van der Waals surface area contributed by atoms with Gasteiger partial charge >= 0.3 is 6.18 Å². The Labute approximate surface area is 101 Å². The molecule has 0 aliphatic rings. The van der Waals surface area contributed by atoms with E-state index in [9.17, 15) is 18.0 Å². The molecule has 0 aromatic heterocycles. The second-order valence-electron chi connectivity index (χ2n) is 2.82. The molecule has 0 heterocycles. The Hall–Kier alpha value is -0.360. The van der Waals surface area contributed by atoms with Crippen LogP contribution in [0.2, 0.25) is 0 Å². The molecule has 0 fully saturated rings. The van der Waals surface area contributed by atoms with Crippen molar-refractivity contribution in [2.24, 2.45) is 0 Å². The normalized spacial score (nSPS) is 12.6. The lowest BCUT2D eigenvalue weighted by Gasteiger charge is -2.15. The zero-order chi connectivity index (χ0) is 11.7. The van der Waals surface area contributed by atoms with Gasteiger partial charge in [0.2, 0.25) is 0 Å². The number of carbonyl (C=O) groups excluding carboxylic acids is 1. The van der Waals surface area contributed by atoms with Crippen LogP contribution in [-0.4, -0.2) is 6.29 Å². The van der Waals surface area contributed by atoms with E-state index in [2.05, 4.69) is 31.9 Å². The summed E-state index contributed by atoms with van der Waals surface area (Å²) in [5.41, 5.74) is -0.586. The van der Waals surface area contributed by atoms with Gasteiger partial charge in [0.05, 0.1) is 5.56 Å². The number of carbonyl (C=O) groups is 1. The highest BCUT2D eigenvalue weighted by atomic mass is 79.9. The molecule has 0 N–H and O–H groups in total. The Bertz CT molecular complexity index is 374. The van der Waals surface area contributed by atoms with E-state index in [1.54, 1.807) is 0 Å². The van der Waals surface area contributed by atoms with Gasteiger partial charge in [-0.15, -0.1) is 0 Å². The first-order valence-electron chi connectivity index (χ1n) is 3.79. The van der Waals surface area contributed by atoms with Gasteiger partial charge < -0.3 is 4.79 Å². The van der Waals surface area contributed by atoms with Crippen LogP contribution >= 0.6 is 31.9 Å². The van der Waals surface area contributed by atoms with Crippen molar-refractivity contribution in [2.45, 2.75) is 9.41 Å². The molecular formula is C9H5Br2F3O. The standard InChI is InChI=1S/C9H5Br2F3O/c10-8(11,5-15)6-2-1-3-7(4-6)9(12,13)14/h1-5H. The van der Waals surface area contributed by atoms with Gasteiger partial charge in [-0.3, -0.25) is 0 Å². The first kappa shape index (κ1) is 12.7. The second-order valence-corrected chi connectivity index (χ2v) is 6.39. The van der Waals surface area contributed by atoms with Gasteiger partial charge in [0, 0.05) is 0 Å². The zero-order valence-corrected chi connectivity index (χ0v) is 10.4. The van der Waals surface area contributed by atoms with Crippen LogP contribution in [0.4, 0.5) is 13.2 Å². The molecule has 0 amide bonds. The van der Waals surface area contributed by atoms with Crippen LogP contribution in [0.15, 0.2) is 24.3 Å². The molecule has 0 radical (unpaired) electrons. The van der Waals surface area contributed by atoms with Gasteiger partial charge in [-0.1, -0.05) is 44.0 Å². The van der Waals surface area contributed by atoms with Crippen LogP contribution < -0.4 is 0 Å². The van der Waals surface area contributed by atoms with Crippen LogP contribution in [0.5, 0.6) is 0 Å². The lowest BCUT2D eigenvalue weighted by molar-refractivity contribution is -0.137. The maximum atomic E-state index is 12.3. The summed E-state index contributed by atoms with van der Waals surface area (Å²) in [7, 11) is 0. The third-order valence-electron chi connectivity index (χ3n) is 1.72. The van der Waals surface area contributed by atoms with Gasteiger partial charge in [-0.25, -0.2) is 0 Å². The fourth-order valence-corrected chi connectivity index (χ4v) is 1.46. The first-order valence-corrected chi connectivity index (χ1v) is 5.38. The minimum Gasteiger partial charge on any atom is -0.300 e. The number of halogens is 5. The largest absolute Gasteiger partial charge is 0.416 e. The lowest BCUT2D eigenvalue weighted by atomic mass is 10.1. The fourth-order valence-electron chi connectivity index (χ4n) is 0.971. The molecule has 0 saturated heterocycles. The van der Waals surface area contributed by atoms with Crippen LogP contribution in [0.1, 0.15) is 11.1 Å². The molecule has 1 rings (SSSR count). The van der Waals surface area contributed by atoms with Crippen LogP contribution in [0.25, 0.3) is 0 Å². The molecule has 15 heavy (non-hydrogen) atoms. The molecule has 6 heteroatoms. The molecule has 1 aromatic rings. The third kappa shape index (κ3) is 3.04. The highest BCUT2D eigenvalue weighted by Gasteiger charge is 2.33. The van der Waals surface area contributed by atoms with Gasteiger partial charge in [0.15, 0.2) is 9.52 Å². The Kier molecular flexibility index (Phi) is 3.60. The van der Waals surface area contributed by atoms with E-state index in [0.29, 0.717) is 6.29 Å². The molecule has 82 valence electrons. The Morgan fingerprint density at radius 2 is 1.67 bits per heavy atom. The Balaban J connectivity index is 3.20. The number of rotatable bonds is 2. The zero-order valence-electron chi connectivity index (χ0n) is 7.18. The molecule has 0 unspecified atom stereocenters. The van der Waals surface area contributed by atoms with E-state index in [0.717, 1.165) is 12.1 Å². The van der Waals surface area contributed by atoms with Crippen molar-refractivity contribution in [3.8, 4) is 0 Å². The highest BCUT2D eigenvalue weighted by molar-refractivity contribution is 9.25. The van der Waals surface area contributed by atoms with Crippen molar-refractivity contribution in [3.63, 3.8) is 0 Å². The summed E-state index contributed by atoms with van der Waals surface area (Å²) in [5.74, 6) is 0. The predicted octanol–water partition coefficient (Wildman–Crippen LogP) is 3.85. The van der Waals surface area contributed by atoms with Crippen molar-refractivity contribution in [1.29, 1.82) is 0 Å². The van der Waals surface area contributed by atoms with Gasteiger partial charge in [-0.05, 0) is 17.7 Å². The highest BCUT2D eigenvalue weighted by Crippen LogP contribution is 2.38. The van der Waals surface area contributed by atoms with E-state index >= 15 is 0 Å². The third-order valence-corrected chi connectivity index (χ3v) is 3.01. The fraction of sp³-hybridized carbons (Fsp3) is 0.222. The maximum absolute atomic E-state index is 12.3. The number of hydrogen-bond acceptors (Lipinski definition) is 1. The summed E-state index contributed by atoms with van der Waals surface area (Å²) in [5, 5.41) is 0. The summed E-state index contributed by atoms with van der Waals surface area (Å²) in [4.78, 5) is 10.6. The van der Waals surface area contributed by atoms with Crippen molar-refractivity contribution in [3.05, 3.63) is 35.4 Å². The van der Waals surface area contributed by atoms with E-state index in [4.69, 9.17) is 0 Å². The number of alkyl halides is 5. The summed E-state index contributed by atoms with van der Waals surface area (Å²) in [6, 6.07) is 4.54. The summed E-state index contributed by atoms with van der Waals surface area (Å²) < 4.78 is 35.8. The van der Waals surface area contributed by atoms with Crippen molar-refractivity contribution < 1.29 is 18.0 Å². The molecule has 1 aromatic carbocycles. The van der Waals surface area contributed by atoms with Gasteiger partial charge in [0.25, 0.3) is 0 Å².